The Balaban J connectivity index is 2.48. The molecule has 1 aromatic carbocycles. The van der Waals surface area contributed by atoms with Crippen LogP contribution in [0, 0.1) is 6.92 Å². The van der Waals surface area contributed by atoms with Crippen molar-refractivity contribution in [2.24, 2.45) is 0 Å². The first kappa shape index (κ1) is 10.4. The predicted molar refractivity (Wildman–Crippen MR) is 65.4 cm³/mol. The molecule has 0 aliphatic rings. The average molecular weight is 265 g/mol. The van der Waals surface area contributed by atoms with Crippen LogP contribution in [0.15, 0.2) is 34.9 Å². The summed E-state index contributed by atoms with van der Waals surface area (Å²) in [6.07, 6.45) is 3.02. The molecule has 0 atom stereocenters. The molecular formula is C12H13BrN2. The van der Waals surface area contributed by atoms with Gasteiger partial charge in [0.2, 0.25) is 0 Å². The molecule has 2 rings (SSSR count). The number of imidazole rings is 1. The van der Waals surface area contributed by atoms with Crippen molar-refractivity contribution in [1.82, 2.24) is 9.55 Å². The maximum Gasteiger partial charge on any atom is 0.113 e. The zero-order valence-electron chi connectivity index (χ0n) is 8.87. The molecule has 3 heteroatoms. The molecule has 0 fully saturated rings. The molecule has 15 heavy (non-hydrogen) atoms. The Morgan fingerprint density at radius 2 is 1.93 bits per heavy atom. The molecule has 78 valence electrons. The monoisotopic (exact) mass is 264 g/mol. The fourth-order valence-corrected chi connectivity index (χ4v) is 1.89. The Hall–Kier alpha value is -1.09. The second kappa shape index (κ2) is 4.19. The summed E-state index contributed by atoms with van der Waals surface area (Å²) in [6.45, 7) is 4.14. The third-order valence-electron chi connectivity index (χ3n) is 2.32. The largest absolute Gasteiger partial charge is 0.303 e. The quantitative estimate of drug-likeness (QED) is 0.812. The van der Waals surface area contributed by atoms with Crippen LogP contribution in [0.5, 0.6) is 0 Å². The van der Waals surface area contributed by atoms with Crippen molar-refractivity contribution in [3.05, 3.63) is 46.5 Å². The number of aromatic nitrogens is 2. The van der Waals surface area contributed by atoms with Gasteiger partial charge in [0.25, 0.3) is 0 Å². The predicted octanol–water partition coefficient (Wildman–Crippen LogP) is 3.51. The van der Waals surface area contributed by atoms with Gasteiger partial charge in [-0.3, -0.25) is 0 Å². The van der Waals surface area contributed by atoms with Gasteiger partial charge >= 0.3 is 0 Å². The van der Waals surface area contributed by atoms with E-state index in [-0.39, 0.29) is 0 Å². The van der Waals surface area contributed by atoms with Crippen molar-refractivity contribution in [3.63, 3.8) is 0 Å². The number of hydrogen-bond donors (Lipinski definition) is 0. The first-order valence-corrected chi connectivity index (χ1v) is 5.81. The van der Waals surface area contributed by atoms with Crippen LogP contribution in [0.4, 0.5) is 0 Å². The van der Waals surface area contributed by atoms with E-state index in [0.717, 1.165) is 28.1 Å². The summed E-state index contributed by atoms with van der Waals surface area (Å²) >= 11 is 3.43. The second-order valence-electron chi connectivity index (χ2n) is 3.50. The van der Waals surface area contributed by atoms with E-state index >= 15 is 0 Å². The molecule has 1 aromatic heterocycles. The van der Waals surface area contributed by atoms with Gasteiger partial charge < -0.3 is 4.57 Å². The Morgan fingerprint density at radius 3 is 2.53 bits per heavy atom. The van der Waals surface area contributed by atoms with Crippen molar-refractivity contribution in [1.29, 1.82) is 0 Å². The number of rotatable bonds is 2. The standard InChI is InChI=1S/C12H13BrN2/c1-3-12-14-9(2)8-15(12)11-6-4-10(13)5-7-11/h4-8H,3H2,1-2H3. The third-order valence-corrected chi connectivity index (χ3v) is 2.85. The summed E-state index contributed by atoms with van der Waals surface area (Å²) in [5.74, 6) is 1.11. The number of halogens is 1. The summed E-state index contributed by atoms with van der Waals surface area (Å²) in [4.78, 5) is 4.48. The number of aryl methyl sites for hydroxylation is 2. The minimum atomic E-state index is 0.948. The van der Waals surface area contributed by atoms with E-state index in [4.69, 9.17) is 0 Å². The molecule has 0 spiro atoms. The van der Waals surface area contributed by atoms with Crippen LogP contribution in [0.2, 0.25) is 0 Å². The Kier molecular flexibility index (Phi) is 2.91. The molecule has 0 N–H and O–H groups in total. The van der Waals surface area contributed by atoms with Gasteiger partial charge in [-0.1, -0.05) is 22.9 Å². The van der Waals surface area contributed by atoms with E-state index in [1.807, 2.05) is 19.1 Å². The van der Waals surface area contributed by atoms with Gasteiger partial charge in [-0.25, -0.2) is 4.98 Å². The molecule has 1 heterocycles. The minimum Gasteiger partial charge on any atom is -0.303 e. The number of nitrogens with zero attached hydrogens (tertiary/aromatic N) is 2. The van der Waals surface area contributed by atoms with Crippen LogP contribution in [-0.4, -0.2) is 9.55 Å². The zero-order valence-corrected chi connectivity index (χ0v) is 10.5. The van der Waals surface area contributed by atoms with Crippen LogP contribution in [0.25, 0.3) is 5.69 Å². The highest BCUT2D eigenvalue weighted by molar-refractivity contribution is 9.10. The maximum absolute atomic E-state index is 4.48. The van der Waals surface area contributed by atoms with Crippen molar-refractivity contribution in [2.45, 2.75) is 20.3 Å². The van der Waals surface area contributed by atoms with Crippen LogP contribution in [-0.2, 0) is 6.42 Å². The lowest BCUT2D eigenvalue weighted by Gasteiger charge is -2.05. The third kappa shape index (κ3) is 2.12. The van der Waals surface area contributed by atoms with Crippen molar-refractivity contribution >= 4 is 15.9 Å². The van der Waals surface area contributed by atoms with E-state index in [9.17, 15) is 0 Å². The van der Waals surface area contributed by atoms with Crippen molar-refractivity contribution < 1.29 is 0 Å². The van der Waals surface area contributed by atoms with Crippen LogP contribution >= 0.6 is 15.9 Å². The average Bonchev–Trinajstić information content (AvgIpc) is 2.61. The molecule has 0 radical (unpaired) electrons. The van der Waals surface area contributed by atoms with Gasteiger partial charge in [0.05, 0.1) is 5.69 Å². The first-order valence-electron chi connectivity index (χ1n) is 5.01. The highest BCUT2D eigenvalue weighted by atomic mass is 79.9. The SMILES string of the molecule is CCc1nc(C)cn1-c1ccc(Br)cc1. The molecule has 2 aromatic rings. The van der Waals surface area contributed by atoms with Gasteiger partial charge in [-0.05, 0) is 31.2 Å². The summed E-state index contributed by atoms with van der Waals surface area (Å²) in [5.41, 5.74) is 2.23. The van der Waals surface area contributed by atoms with Gasteiger partial charge in [-0.15, -0.1) is 0 Å². The molecule has 0 aliphatic heterocycles. The van der Waals surface area contributed by atoms with Crippen LogP contribution < -0.4 is 0 Å². The second-order valence-corrected chi connectivity index (χ2v) is 4.41. The van der Waals surface area contributed by atoms with Crippen LogP contribution in [0.3, 0.4) is 0 Å². The normalized spacial score (nSPS) is 10.6. The fraction of sp³-hybridized carbons (Fsp3) is 0.250. The van der Waals surface area contributed by atoms with E-state index in [1.54, 1.807) is 0 Å². The molecule has 2 nitrogen and oxygen atoms in total. The lowest BCUT2D eigenvalue weighted by molar-refractivity contribution is 0.890. The minimum absolute atomic E-state index is 0.948. The molecule has 0 amide bonds. The van der Waals surface area contributed by atoms with E-state index < -0.39 is 0 Å². The lowest BCUT2D eigenvalue weighted by Crippen LogP contribution is -1.98. The molecule has 0 aliphatic carbocycles. The molecule has 0 bridgehead atoms. The summed E-state index contributed by atoms with van der Waals surface area (Å²) < 4.78 is 3.24. The Labute approximate surface area is 98.1 Å². The van der Waals surface area contributed by atoms with E-state index in [0.29, 0.717) is 0 Å². The molecular weight excluding hydrogens is 252 g/mol. The summed E-state index contributed by atoms with van der Waals surface area (Å²) in [5, 5.41) is 0. The van der Waals surface area contributed by atoms with E-state index in [1.165, 1.54) is 0 Å². The van der Waals surface area contributed by atoms with Crippen molar-refractivity contribution in [3.8, 4) is 5.69 Å². The van der Waals surface area contributed by atoms with Gasteiger partial charge in [-0.2, -0.15) is 0 Å². The highest BCUT2D eigenvalue weighted by Crippen LogP contribution is 2.16. The van der Waals surface area contributed by atoms with Gasteiger partial charge in [0.15, 0.2) is 0 Å². The lowest BCUT2D eigenvalue weighted by atomic mass is 10.3. The van der Waals surface area contributed by atoms with E-state index in [2.05, 4.69) is 50.7 Å². The Morgan fingerprint density at radius 1 is 1.27 bits per heavy atom. The molecule has 0 saturated heterocycles. The molecule has 0 unspecified atom stereocenters. The summed E-state index contributed by atoms with van der Waals surface area (Å²) in [6, 6.07) is 8.27. The molecule has 0 saturated carbocycles. The first-order chi connectivity index (χ1) is 7.20. The van der Waals surface area contributed by atoms with Crippen LogP contribution in [0.1, 0.15) is 18.4 Å². The highest BCUT2D eigenvalue weighted by Gasteiger charge is 2.04. The topological polar surface area (TPSA) is 17.8 Å². The number of benzene rings is 1. The zero-order chi connectivity index (χ0) is 10.8. The number of hydrogen-bond acceptors (Lipinski definition) is 1. The van der Waals surface area contributed by atoms with Gasteiger partial charge in [0.1, 0.15) is 5.82 Å². The van der Waals surface area contributed by atoms with Gasteiger partial charge in [0, 0.05) is 22.8 Å². The van der Waals surface area contributed by atoms with Crippen molar-refractivity contribution in [2.75, 3.05) is 0 Å². The smallest absolute Gasteiger partial charge is 0.113 e. The fourth-order valence-electron chi connectivity index (χ4n) is 1.62. The Bertz CT molecular complexity index is 457. The maximum atomic E-state index is 4.48. The summed E-state index contributed by atoms with van der Waals surface area (Å²) in [7, 11) is 0.